The Kier molecular flexibility index (Phi) is 4.83. The molecule has 0 saturated heterocycles. The van der Waals surface area contributed by atoms with Crippen LogP contribution in [0.25, 0.3) is 0 Å². The van der Waals surface area contributed by atoms with E-state index >= 15 is 0 Å². The molecule has 1 aliphatic carbocycles. The lowest BCUT2D eigenvalue weighted by Gasteiger charge is -2.31. The molecule has 0 heterocycles. The van der Waals surface area contributed by atoms with Gasteiger partial charge in [-0.2, -0.15) is 0 Å². The van der Waals surface area contributed by atoms with Gasteiger partial charge in [-0.25, -0.2) is 0 Å². The van der Waals surface area contributed by atoms with Crippen LogP contribution in [0.15, 0.2) is 24.3 Å². The molecular formula is C14H23N. The summed E-state index contributed by atoms with van der Waals surface area (Å²) >= 11 is 0. The molecule has 1 heteroatoms. The summed E-state index contributed by atoms with van der Waals surface area (Å²) in [5.41, 5.74) is 3.03. The van der Waals surface area contributed by atoms with E-state index in [1.165, 1.54) is 24.0 Å². The Labute approximate surface area is 93.9 Å². The highest BCUT2D eigenvalue weighted by Gasteiger charge is 2.24. The fraction of sp³-hybridized carbons (Fsp3) is 0.571. The van der Waals surface area contributed by atoms with Gasteiger partial charge in [0, 0.05) is 6.04 Å². The van der Waals surface area contributed by atoms with Crippen LogP contribution in [0.3, 0.4) is 0 Å². The maximum atomic E-state index is 3.41. The Bertz CT molecular complexity index is 293. The molecule has 2 atom stereocenters. The minimum Gasteiger partial charge on any atom is -0.313 e. The number of fused-ring (bicyclic) bond motifs is 1. The first-order chi connectivity index (χ1) is 7.33. The number of hydrogen-bond donors (Lipinski definition) is 1. The highest BCUT2D eigenvalue weighted by molar-refractivity contribution is 5.32. The van der Waals surface area contributed by atoms with Crippen LogP contribution in [-0.2, 0) is 6.42 Å². The molecule has 2 unspecified atom stereocenters. The summed E-state index contributed by atoms with van der Waals surface area (Å²) in [6, 6.07) is 9.35. The molecule has 0 amide bonds. The van der Waals surface area contributed by atoms with Crippen molar-refractivity contribution in [2.24, 2.45) is 5.92 Å². The third kappa shape index (κ3) is 2.60. The SMILES string of the molecule is CC.CNC1c2ccccc2CCC1C. The average Bonchev–Trinajstić information content (AvgIpc) is 2.32. The van der Waals surface area contributed by atoms with Crippen LogP contribution in [0.2, 0.25) is 0 Å². The van der Waals surface area contributed by atoms with Crippen LogP contribution in [0, 0.1) is 5.92 Å². The second kappa shape index (κ2) is 5.92. The molecule has 0 spiro atoms. The third-order valence-corrected chi connectivity index (χ3v) is 3.14. The molecule has 1 nitrogen and oxygen atoms in total. The molecule has 1 aromatic rings. The van der Waals surface area contributed by atoms with Crippen molar-refractivity contribution in [2.75, 3.05) is 7.05 Å². The quantitative estimate of drug-likeness (QED) is 0.739. The largest absolute Gasteiger partial charge is 0.313 e. The molecule has 15 heavy (non-hydrogen) atoms. The zero-order chi connectivity index (χ0) is 11.3. The zero-order valence-electron chi connectivity index (χ0n) is 10.4. The van der Waals surface area contributed by atoms with Crippen molar-refractivity contribution < 1.29 is 0 Å². The minimum absolute atomic E-state index is 0.560. The van der Waals surface area contributed by atoms with Crippen molar-refractivity contribution in [3.63, 3.8) is 0 Å². The van der Waals surface area contributed by atoms with Gasteiger partial charge in [0.05, 0.1) is 0 Å². The molecule has 0 aliphatic heterocycles. The van der Waals surface area contributed by atoms with Crippen LogP contribution < -0.4 is 5.32 Å². The summed E-state index contributed by atoms with van der Waals surface area (Å²) in [7, 11) is 2.06. The Balaban J connectivity index is 0.000000531. The lowest BCUT2D eigenvalue weighted by atomic mass is 9.81. The number of nitrogens with one attached hydrogen (secondary N) is 1. The van der Waals surface area contributed by atoms with Gasteiger partial charge < -0.3 is 5.32 Å². The Morgan fingerprint density at radius 3 is 2.53 bits per heavy atom. The van der Waals surface area contributed by atoms with Crippen molar-refractivity contribution >= 4 is 0 Å². The lowest BCUT2D eigenvalue weighted by Crippen LogP contribution is -2.28. The zero-order valence-corrected chi connectivity index (χ0v) is 10.4. The molecule has 1 aliphatic rings. The molecule has 84 valence electrons. The van der Waals surface area contributed by atoms with E-state index in [9.17, 15) is 0 Å². The van der Waals surface area contributed by atoms with Crippen LogP contribution in [0.5, 0.6) is 0 Å². The van der Waals surface area contributed by atoms with Gasteiger partial charge in [-0.15, -0.1) is 0 Å². The molecule has 0 aromatic heterocycles. The molecule has 0 bridgehead atoms. The summed E-state index contributed by atoms with van der Waals surface area (Å²) in [5.74, 6) is 0.764. The number of rotatable bonds is 1. The maximum Gasteiger partial charge on any atom is 0.0346 e. The van der Waals surface area contributed by atoms with E-state index in [0.717, 1.165) is 5.92 Å². The standard InChI is InChI=1S/C12H17N.C2H6/c1-9-7-8-10-5-3-4-6-11(10)12(9)13-2;1-2/h3-6,9,12-13H,7-8H2,1-2H3;1-2H3. The van der Waals surface area contributed by atoms with E-state index in [-0.39, 0.29) is 0 Å². The van der Waals surface area contributed by atoms with Gasteiger partial charge in [0.25, 0.3) is 0 Å². The van der Waals surface area contributed by atoms with Gasteiger partial charge in [-0.05, 0) is 36.9 Å². The summed E-state index contributed by atoms with van der Waals surface area (Å²) < 4.78 is 0. The minimum atomic E-state index is 0.560. The number of hydrogen-bond acceptors (Lipinski definition) is 1. The molecule has 0 fully saturated rings. The Morgan fingerprint density at radius 1 is 1.20 bits per heavy atom. The molecule has 0 radical (unpaired) electrons. The predicted octanol–water partition coefficient (Wildman–Crippen LogP) is 3.56. The second-order valence-electron chi connectivity index (χ2n) is 3.98. The van der Waals surface area contributed by atoms with E-state index in [1.807, 2.05) is 13.8 Å². The van der Waals surface area contributed by atoms with Gasteiger partial charge in [-0.1, -0.05) is 45.0 Å². The first-order valence-electron chi connectivity index (χ1n) is 6.08. The van der Waals surface area contributed by atoms with Crippen molar-refractivity contribution in [1.29, 1.82) is 0 Å². The van der Waals surface area contributed by atoms with Gasteiger partial charge in [-0.3, -0.25) is 0 Å². The summed E-state index contributed by atoms with van der Waals surface area (Å²) in [4.78, 5) is 0. The first-order valence-corrected chi connectivity index (χ1v) is 6.08. The number of aryl methyl sites for hydroxylation is 1. The normalized spacial score (nSPS) is 23.7. The first kappa shape index (κ1) is 12.3. The topological polar surface area (TPSA) is 12.0 Å². The fourth-order valence-electron chi connectivity index (χ4n) is 2.36. The van der Waals surface area contributed by atoms with Crippen molar-refractivity contribution in [3.05, 3.63) is 35.4 Å². The smallest absolute Gasteiger partial charge is 0.0346 e. The van der Waals surface area contributed by atoms with Crippen LogP contribution in [0.4, 0.5) is 0 Å². The highest BCUT2D eigenvalue weighted by Crippen LogP contribution is 2.33. The molecule has 0 saturated carbocycles. The highest BCUT2D eigenvalue weighted by atomic mass is 14.9. The second-order valence-corrected chi connectivity index (χ2v) is 3.98. The van der Waals surface area contributed by atoms with Gasteiger partial charge in [0.1, 0.15) is 0 Å². The van der Waals surface area contributed by atoms with Gasteiger partial charge in [0.2, 0.25) is 0 Å². The maximum absolute atomic E-state index is 3.41. The number of benzene rings is 1. The van der Waals surface area contributed by atoms with Gasteiger partial charge in [0.15, 0.2) is 0 Å². The van der Waals surface area contributed by atoms with E-state index in [0.29, 0.717) is 6.04 Å². The van der Waals surface area contributed by atoms with E-state index in [1.54, 1.807) is 0 Å². The summed E-state index contributed by atoms with van der Waals surface area (Å²) in [6.45, 7) is 6.33. The lowest BCUT2D eigenvalue weighted by molar-refractivity contribution is 0.364. The third-order valence-electron chi connectivity index (χ3n) is 3.14. The van der Waals surface area contributed by atoms with Crippen molar-refractivity contribution in [1.82, 2.24) is 5.32 Å². The Morgan fingerprint density at radius 2 is 1.87 bits per heavy atom. The predicted molar refractivity (Wildman–Crippen MR) is 67.1 cm³/mol. The summed E-state index contributed by atoms with van der Waals surface area (Å²) in [5, 5.41) is 3.41. The van der Waals surface area contributed by atoms with Crippen molar-refractivity contribution in [3.8, 4) is 0 Å². The fourth-order valence-corrected chi connectivity index (χ4v) is 2.36. The summed E-state index contributed by atoms with van der Waals surface area (Å²) in [6.07, 6.45) is 2.55. The van der Waals surface area contributed by atoms with E-state index < -0.39 is 0 Å². The van der Waals surface area contributed by atoms with E-state index in [2.05, 4.69) is 43.6 Å². The van der Waals surface area contributed by atoms with Crippen molar-refractivity contribution in [2.45, 2.75) is 39.7 Å². The average molecular weight is 205 g/mol. The molecular weight excluding hydrogens is 182 g/mol. The van der Waals surface area contributed by atoms with E-state index in [4.69, 9.17) is 0 Å². The molecule has 1 aromatic carbocycles. The van der Waals surface area contributed by atoms with Crippen LogP contribution in [0.1, 0.15) is 44.4 Å². The van der Waals surface area contributed by atoms with Crippen LogP contribution in [-0.4, -0.2) is 7.05 Å². The monoisotopic (exact) mass is 205 g/mol. The van der Waals surface area contributed by atoms with Crippen LogP contribution >= 0.6 is 0 Å². The van der Waals surface area contributed by atoms with Gasteiger partial charge >= 0.3 is 0 Å². The Hall–Kier alpha value is -0.820. The molecule has 2 rings (SSSR count). The molecule has 1 N–H and O–H groups in total.